The molecule has 1 atom stereocenters. The van der Waals surface area contributed by atoms with E-state index >= 15 is 0 Å². The molecule has 5 heteroatoms. The van der Waals surface area contributed by atoms with Crippen LogP contribution in [0.2, 0.25) is 0 Å². The molecule has 0 aromatic heterocycles. The van der Waals surface area contributed by atoms with Crippen LogP contribution in [0.15, 0.2) is 77.8 Å². The molecule has 3 aromatic rings. The highest BCUT2D eigenvalue weighted by molar-refractivity contribution is 5.95. The van der Waals surface area contributed by atoms with Crippen molar-refractivity contribution in [2.45, 2.75) is 31.6 Å². The highest BCUT2D eigenvalue weighted by Gasteiger charge is 2.41. The lowest BCUT2D eigenvalue weighted by Gasteiger charge is -2.31. The number of hydrogen-bond donors (Lipinski definition) is 1. The second-order valence-electron chi connectivity index (χ2n) is 8.06. The van der Waals surface area contributed by atoms with Crippen molar-refractivity contribution in [1.29, 1.82) is 0 Å². The summed E-state index contributed by atoms with van der Waals surface area (Å²) in [5.74, 6) is 0.507. The van der Waals surface area contributed by atoms with Gasteiger partial charge in [-0.15, -0.1) is 0 Å². The van der Waals surface area contributed by atoms with Gasteiger partial charge in [-0.3, -0.25) is 9.79 Å². The largest absolute Gasteiger partial charge is 0.493 e. The SMILES string of the molecule is CCOC(=O)CCC1(c2ccccc2)C=Nc2cc(OCCCO)cc(-c3ccccc3)c21. The number of benzene rings is 3. The minimum Gasteiger partial charge on any atom is -0.493 e. The quantitative estimate of drug-likeness (QED) is 0.334. The third-order valence-corrected chi connectivity index (χ3v) is 5.93. The van der Waals surface area contributed by atoms with Crippen LogP contribution in [-0.2, 0) is 14.9 Å². The Morgan fingerprint density at radius 1 is 1.03 bits per heavy atom. The molecular formula is C28H29NO4. The highest BCUT2D eigenvalue weighted by atomic mass is 16.5. The van der Waals surface area contributed by atoms with Crippen LogP contribution >= 0.6 is 0 Å². The van der Waals surface area contributed by atoms with Gasteiger partial charge in [-0.25, -0.2) is 0 Å². The maximum atomic E-state index is 12.3. The number of carbonyl (C=O) groups is 1. The van der Waals surface area contributed by atoms with Crippen LogP contribution in [0, 0.1) is 0 Å². The van der Waals surface area contributed by atoms with Crippen molar-refractivity contribution in [1.82, 2.24) is 0 Å². The molecule has 1 aliphatic rings. The molecule has 0 aliphatic carbocycles. The molecule has 5 nitrogen and oxygen atoms in total. The first kappa shape index (κ1) is 22.7. The van der Waals surface area contributed by atoms with E-state index in [0.29, 0.717) is 31.8 Å². The number of hydrogen-bond acceptors (Lipinski definition) is 5. The lowest BCUT2D eigenvalue weighted by Crippen LogP contribution is -2.29. The highest BCUT2D eigenvalue weighted by Crippen LogP contribution is 2.50. The molecule has 4 rings (SSSR count). The summed E-state index contributed by atoms with van der Waals surface area (Å²) in [7, 11) is 0. The molecule has 0 bridgehead atoms. The number of aliphatic hydroxyl groups excluding tert-OH is 1. The first-order chi connectivity index (χ1) is 16.2. The minimum absolute atomic E-state index is 0.0830. The molecule has 33 heavy (non-hydrogen) atoms. The van der Waals surface area contributed by atoms with Crippen molar-refractivity contribution in [2.75, 3.05) is 19.8 Å². The molecule has 1 unspecified atom stereocenters. The van der Waals surface area contributed by atoms with Crippen LogP contribution < -0.4 is 4.74 Å². The van der Waals surface area contributed by atoms with Gasteiger partial charge in [0.25, 0.3) is 0 Å². The van der Waals surface area contributed by atoms with Gasteiger partial charge < -0.3 is 14.6 Å². The summed E-state index contributed by atoms with van der Waals surface area (Å²) in [5, 5.41) is 9.13. The summed E-state index contributed by atoms with van der Waals surface area (Å²) in [6, 6.07) is 24.4. The molecule has 1 heterocycles. The zero-order valence-electron chi connectivity index (χ0n) is 18.9. The lowest BCUT2D eigenvalue weighted by atomic mass is 9.70. The summed E-state index contributed by atoms with van der Waals surface area (Å²) in [4.78, 5) is 17.2. The van der Waals surface area contributed by atoms with E-state index in [1.165, 1.54) is 0 Å². The molecule has 170 valence electrons. The van der Waals surface area contributed by atoms with Gasteiger partial charge in [0.2, 0.25) is 0 Å². The van der Waals surface area contributed by atoms with Gasteiger partial charge in [-0.2, -0.15) is 0 Å². The number of fused-ring (bicyclic) bond motifs is 1. The smallest absolute Gasteiger partial charge is 0.305 e. The predicted octanol–water partition coefficient (Wildman–Crippen LogP) is 5.46. The van der Waals surface area contributed by atoms with Crippen LogP contribution in [-0.4, -0.2) is 37.1 Å². The second-order valence-corrected chi connectivity index (χ2v) is 8.06. The fraction of sp³-hybridized carbons (Fsp3) is 0.286. The maximum absolute atomic E-state index is 12.3. The Morgan fingerprint density at radius 2 is 1.76 bits per heavy atom. The summed E-state index contributed by atoms with van der Waals surface area (Å²) < 4.78 is 11.2. The van der Waals surface area contributed by atoms with E-state index in [2.05, 4.69) is 24.3 Å². The van der Waals surface area contributed by atoms with Crippen LogP contribution in [0.5, 0.6) is 5.75 Å². The van der Waals surface area contributed by atoms with Gasteiger partial charge in [-0.1, -0.05) is 60.7 Å². The van der Waals surface area contributed by atoms with Gasteiger partial charge >= 0.3 is 5.97 Å². The third kappa shape index (κ3) is 4.83. The van der Waals surface area contributed by atoms with Crippen LogP contribution in [0.1, 0.15) is 37.3 Å². The Bertz CT molecular complexity index is 1110. The predicted molar refractivity (Wildman–Crippen MR) is 130 cm³/mol. The Balaban J connectivity index is 1.85. The van der Waals surface area contributed by atoms with Gasteiger partial charge in [-0.05, 0) is 36.1 Å². The molecule has 0 spiro atoms. The van der Waals surface area contributed by atoms with E-state index in [9.17, 15) is 4.79 Å². The number of carbonyl (C=O) groups excluding carboxylic acids is 1. The Hall–Kier alpha value is -3.44. The van der Waals surface area contributed by atoms with Gasteiger partial charge in [0.05, 0.1) is 24.3 Å². The Morgan fingerprint density at radius 3 is 2.45 bits per heavy atom. The molecule has 0 fully saturated rings. The molecule has 3 aromatic carbocycles. The molecule has 1 aliphatic heterocycles. The maximum Gasteiger partial charge on any atom is 0.305 e. The van der Waals surface area contributed by atoms with Gasteiger partial charge in [0.1, 0.15) is 5.75 Å². The summed E-state index contributed by atoms with van der Waals surface area (Å²) in [5.41, 5.74) is 4.52. The van der Waals surface area contributed by atoms with Crippen LogP contribution in [0.25, 0.3) is 11.1 Å². The summed E-state index contributed by atoms with van der Waals surface area (Å²) in [6.45, 7) is 2.70. The molecular weight excluding hydrogens is 414 g/mol. The average molecular weight is 444 g/mol. The van der Waals surface area contributed by atoms with E-state index in [1.807, 2.05) is 61.7 Å². The number of rotatable bonds is 10. The summed E-state index contributed by atoms with van der Waals surface area (Å²) >= 11 is 0. The van der Waals surface area contributed by atoms with Crippen molar-refractivity contribution in [3.8, 4) is 16.9 Å². The fourth-order valence-corrected chi connectivity index (χ4v) is 4.42. The molecule has 0 saturated heterocycles. The van der Waals surface area contributed by atoms with E-state index in [0.717, 1.165) is 27.9 Å². The van der Waals surface area contributed by atoms with E-state index in [-0.39, 0.29) is 19.0 Å². The van der Waals surface area contributed by atoms with Crippen LogP contribution in [0.4, 0.5) is 5.69 Å². The molecule has 0 amide bonds. The Labute approximate surface area is 194 Å². The first-order valence-corrected chi connectivity index (χ1v) is 11.4. The zero-order chi connectivity index (χ0) is 23.1. The monoisotopic (exact) mass is 443 g/mol. The van der Waals surface area contributed by atoms with Crippen molar-refractivity contribution >= 4 is 17.9 Å². The number of esters is 1. The standard InChI is InChI=1S/C28H29NO4/c1-2-32-26(31)14-15-28(22-12-7-4-8-13-22)20-29-25-19-23(33-17-9-16-30)18-24(27(25)28)21-10-5-3-6-11-21/h3-8,10-13,18-20,30H,2,9,14-17H2,1H3. The minimum atomic E-state index is -0.557. The van der Waals surface area contributed by atoms with E-state index in [4.69, 9.17) is 19.6 Å². The number of nitrogens with zero attached hydrogens (tertiary/aromatic N) is 1. The third-order valence-electron chi connectivity index (χ3n) is 5.93. The average Bonchev–Trinajstić information content (AvgIpc) is 3.23. The number of ether oxygens (including phenoxy) is 2. The van der Waals surface area contributed by atoms with Crippen molar-refractivity contribution in [2.24, 2.45) is 4.99 Å². The van der Waals surface area contributed by atoms with E-state index in [1.54, 1.807) is 0 Å². The van der Waals surface area contributed by atoms with Crippen molar-refractivity contribution in [3.05, 3.63) is 83.9 Å². The number of aliphatic imine (C=N–C) groups is 1. The van der Waals surface area contributed by atoms with Gasteiger partial charge in [0, 0.05) is 37.3 Å². The topological polar surface area (TPSA) is 68.1 Å². The van der Waals surface area contributed by atoms with Gasteiger partial charge in [0.15, 0.2) is 0 Å². The summed E-state index contributed by atoms with van der Waals surface area (Å²) in [6.07, 6.45) is 3.37. The van der Waals surface area contributed by atoms with Crippen LogP contribution in [0.3, 0.4) is 0 Å². The molecule has 0 saturated carbocycles. The lowest BCUT2D eigenvalue weighted by molar-refractivity contribution is -0.143. The normalized spacial score (nSPS) is 16.4. The molecule has 0 radical (unpaired) electrons. The van der Waals surface area contributed by atoms with Crippen molar-refractivity contribution < 1.29 is 19.4 Å². The number of aliphatic hydroxyl groups is 1. The fourth-order valence-electron chi connectivity index (χ4n) is 4.42. The Kier molecular flexibility index (Phi) is 7.20. The van der Waals surface area contributed by atoms with Crippen molar-refractivity contribution in [3.63, 3.8) is 0 Å². The molecule has 1 N–H and O–H groups in total. The van der Waals surface area contributed by atoms with E-state index < -0.39 is 5.41 Å². The zero-order valence-corrected chi connectivity index (χ0v) is 18.9. The second kappa shape index (κ2) is 10.5. The first-order valence-electron chi connectivity index (χ1n) is 11.4.